The number of aliphatic hydroxyl groups excluding tert-OH is 1. The van der Waals surface area contributed by atoms with Gasteiger partial charge in [-0.1, -0.05) is 68.3 Å². The molecule has 3 saturated carbocycles. The molecule has 4 aliphatic carbocycles. The van der Waals surface area contributed by atoms with Crippen molar-refractivity contribution in [3.8, 4) is 0 Å². The normalized spacial score (nSPS) is 39.0. The van der Waals surface area contributed by atoms with E-state index in [1.807, 2.05) is 6.08 Å². The summed E-state index contributed by atoms with van der Waals surface area (Å²) in [5, 5.41) is 13.5. The number of aliphatic hydroxyl groups is 1. The number of benzene rings is 1. The fourth-order valence-electron chi connectivity index (χ4n) is 10.1. The molecule has 226 valence electrons. The van der Waals surface area contributed by atoms with Crippen LogP contribution in [0.25, 0.3) is 5.76 Å². The molecular formula is C34H42F3N2O3+. The summed E-state index contributed by atoms with van der Waals surface area (Å²) in [5.74, 6) is -0.836. The number of hydrogen-bond acceptors (Lipinski definition) is 3. The highest BCUT2D eigenvalue weighted by molar-refractivity contribution is 6.01. The maximum atomic E-state index is 14.4. The Kier molecular flexibility index (Phi) is 6.52. The van der Waals surface area contributed by atoms with E-state index in [1.165, 1.54) is 49.2 Å². The molecular weight excluding hydrogens is 541 g/mol. The second kappa shape index (κ2) is 9.71. The summed E-state index contributed by atoms with van der Waals surface area (Å²) < 4.78 is 51.2. The zero-order chi connectivity index (χ0) is 29.5. The number of nitrogens with zero attached hydrogens (tertiary/aromatic N) is 1. The van der Waals surface area contributed by atoms with Crippen molar-refractivity contribution in [2.24, 2.45) is 29.1 Å². The van der Waals surface area contributed by atoms with Gasteiger partial charge in [0.2, 0.25) is 0 Å². The van der Waals surface area contributed by atoms with Gasteiger partial charge in [0, 0.05) is 47.5 Å². The van der Waals surface area contributed by atoms with Crippen molar-refractivity contribution in [3.63, 3.8) is 0 Å². The molecule has 2 aliphatic heterocycles. The number of rotatable bonds is 7. The van der Waals surface area contributed by atoms with E-state index >= 15 is 0 Å². The second-order valence-electron chi connectivity index (χ2n) is 14.3. The third-order valence-electron chi connectivity index (χ3n) is 11.4. The fourth-order valence-corrected chi connectivity index (χ4v) is 10.1. The average Bonchev–Trinajstić information content (AvgIpc) is 3.69. The molecule has 3 unspecified atom stereocenters. The number of likely N-dealkylation sites (tertiary alicyclic amines) is 1. The maximum Gasteiger partial charge on any atom is 0.425 e. The molecule has 2 saturated heterocycles. The first kappa shape index (κ1) is 28.2. The topological polar surface area (TPSA) is 58.6 Å². The van der Waals surface area contributed by atoms with Gasteiger partial charge in [-0.05, 0) is 31.8 Å². The highest BCUT2D eigenvalue weighted by atomic mass is 19.4. The van der Waals surface area contributed by atoms with Crippen LogP contribution in [0.5, 0.6) is 0 Å². The van der Waals surface area contributed by atoms with Gasteiger partial charge < -0.3 is 19.6 Å². The van der Waals surface area contributed by atoms with Crippen LogP contribution in [0.15, 0.2) is 59.7 Å². The number of alkyl halides is 3. The number of hydrogen-bond donors (Lipinski definition) is 2. The molecule has 1 aromatic rings. The van der Waals surface area contributed by atoms with Crippen LogP contribution >= 0.6 is 0 Å². The Balaban J connectivity index is 1.28. The van der Waals surface area contributed by atoms with Crippen LogP contribution in [-0.2, 0) is 9.53 Å². The van der Waals surface area contributed by atoms with Crippen LogP contribution in [-0.4, -0.2) is 59.2 Å². The van der Waals surface area contributed by atoms with Crippen molar-refractivity contribution in [2.45, 2.75) is 82.8 Å². The van der Waals surface area contributed by atoms with Gasteiger partial charge in [0.05, 0.1) is 31.8 Å². The Morgan fingerprint density at radius 1 is 1.17 bits per heavy atom. The van der Waals surface area contributed by atoms with Crippen molar-refractivity contribution >= 4 is 11.7 Å². The third kappa shape index (κ3) is 4.22. The van der Waals surface area contributed by atoms with Crippen LogP contribution in [0.1, 0.15) is 64.4 Å². The van der Waals surface area contributed by atoms with Gasteiger partial charge in [-0.15, -0.1) is 0 Å². The molecule has 5 nitrogen and oxygen atoms in total. The molecule has 8 heteroatoms. The van der Waals surface area contributed by atoms with Crippen LogP contribution in [0, 0.1) is 29.1 Å². The Morgan fingerprint density at radius 2 is 1.93 bits per heavy atom. The first-order valence-electron chi connectivity index (χ1n) is 15.8. The lowest BCUT2D eigenvalue weighted by molar-refractivity contribution is -0.968. The SMILES string of the molecule is CC(C)C[N+]1(CC2CC2)CC[C@]23C4C5=CC=CC4(NC(=O)C(=C(O)c4ccccc4)C(F)(F)F)O[C@H]2CCC[C@H]3[C@H]1C5. The number of carbonyl (C=O) groups excluding carboxylic acids is 1. The van der Waals surface area contributed by atoms with Gasteiger partial charge >= 0.3 is 6.18 Å². The molecule has 0 radical (unpaired) electrons. The van der Waals surface area contributed by atoms with E-state index in [-0.39, 0.29) is 23.0 Å². The molecule has 1 aromatic carbocycles. The average molecular weight is 584 g/mol. The maximum absolute atomic E-state index is 14.4. The lowest BCUT2D eigenvalue weighted by Gasteiger charge is -2.65. The van der Waals surface area contributed by atoms with E-state index < -0.39 is 29.1 Å². The number of carbonyl (C=O) groups is 1. The molecule has 1 spiro atoms. The Morgan fingerprint density at radius 3 is 2.62 bits per heavy atom. The summed E-state index contributed by atoms with van der Waals surface area (Å²) >= 11 is 0. The van der Waals surface area contributed by atoms with E-state index in [4.69, 9.17) is 4.74 Å². The van der Waals surface area contributed by atoms with Crippen LogP contribution < -0.4 is 5.32 Å². The van der Waals surface area contributed by atoms with Gasteiger partial charge in [-0.3, -0.25) is 4.79 Å². The second-order valence-corrected chi connectivity index (χ2v) is 14.3. The quantitative estimate of drug-likeness (QED) is 0.214. The largest absolute Gasteiger partial charge is 0.506 e. The molecule has 2 bridgehead atoms. The number of allylic oxidation sites excluding steroid dienone is 2. The minimum atomic E-state index is -5.05. The number of amides is 1. The third-order valence-corrected chi connectivity index (χ3v) is 11.4. The number of piperidine rings is 1. The van der Waals surface area contributed by atoms with Crippen molar-refractivity contribution in [1.82, 2.24) is 5.32 Å². The molecule has 5 fully saturated rings. The standard InChI is InChI=1S/C34H41F3N2O3/c1-21(2)19-39(20-22-13-14-22)17-16-32-25-11-6-12-27(32)42-33(15-7-10-24(30(32)33)18-26(25)39)38-31(41)28(34(35,36)37)29(40)23-8-4-3-5-9-23/h3-5,7-10,15,21-22,25-27,30H,6,11-14,16-20H2,1-2H3,(H-,38,40,41)/p+1/t25-,26+,27-,30?,32+,33?,39?/m0/s1. The van der Waals surface area contributed by atoms with Gasteiger partial charge in [0.15, 0.2) is 11.3 Å². The predicted molar refractivity (Wildman–Crippen MR) is 154 cm³/mol. The molecule has 42 heavy (non-hydrogen) atoms. The smallest absolute Gasteiger partial charge is 0.425 e. The van der Waals surface area contributed by atoms with Crippen molar-refractivity contribution in [2.75, 3.05) is 19.6 Å². The summed E-state index contributed by atoms with van der Waals surface area (Å²) in [6.45, 7) is 8.11. The first-order valence-corrected chi connectivity index (χ1v) is 15.8. The summed E-state index contributed by atoms with van der Waals surface area (Å²) in [6, 6.07) is 7.91. The molecule has 2 N–H and O–H groups in total. The first-order chi connectivity index (χ1) is 20.0. The Hall–Kier alpha value is -2.58. The van der Waals surface area contributed by atoms with Gasteiger partial charge in [-0.2, -0.15) is 13.2 Å². The zero-order valence-corrected chi connectivity index (χ0v) is 24.5. The van der Waals surface area contributed by atoms with E-state index in [2.05, 4.69) is 25.2 Å². The van der Waals surface area contributed by atoms with Gasteiger partial charge in [-0.25, -0.2) is 0 Å². The molecule has 2 heterocycles. The summed E-state index contributed by atoms with van der Waals surface area (Å²) in [5.41, 5.74) is -2.02. The molecule has 7 atom stereocenters. The van der Waals surface area contributed by atoms with Crippen molar-refractivity contribution in [1.29, 1.82) is 0 Å². The van der Waals surface area contributed by atoms with E-state index in [0.717, 1.165) is 55.6 Å². The number of halogens is 3. The molecule has 7 rings (SSSR count). The minimum Gasteiger partial charge on any atom is -0.506 e. The van der Waals surface area contributed by atoms with E-state index in [1.54, 1.807) is 12.1 Å². The molecule has 1 amide bonds. The Labute approximate surface area is 246 Å². The zero-order valence-electron chi connectivity index (χ0n) is 24.5. The van der Waals surface area contributed by atoms with Crippen LogP contribution in [0.2, 0.25) is 0 Å². The summed E-state index contributed by atoms with van der Waals surface area (Å²) in [7, 11) is 0. The summed E-state index contributed by atoms with van der Waals surface area (Å²) in [4.78, 5) is 13.7. The number of ether oxygens (including phenoxy) is 1. The Bertz CT molecular complexity index is 1340. The van der Waals surface area contributed by atoms with E-state index in [0.29, 0.717) is 17.9 Å². The van der Waals surface area contributed by atoms with Crippen LogP contribution in [0.3, 0.4) is 0 Å². The minimum absolute atomic E-state index is 0.0559. The van der Waals surface area contributed by atoms with E-state index in [9.17, 15) is 23.1 Å². The molecule has 0 aromatic heterocycles. The van der Waals surface area contributed by atoms with Crippen LogP contribution in [0.4, 0.5) is 13.2 Å². The highest BCUT2D eigenvalue weighted by Gasteiger charge is 2.75. The fraction of sp³-hybridized carbons (Fsp3) is 0.618. The van der Waals surface area contributed by atoms with Crippen molar-refractivity contribution in [3.05, 3.63) is 65.3 Å². The lowest BCUT2D eigenvalue weighted by atomic mass is 9.46. The number of nitrogens with one attached hydrogen (secondary N) is 1. The predicted octanol–water partition coefficient (Wildman–Crippen LogP) is 6.69. The summed E-state index contributed by atoms with van der Waals surface area (Å²) in [6.07, 6.45) is 8.08. The lowest BCUT2D eigenvalue weighted by Crippen LogP contribution is -2.73. The van der Waals surface area contributed by atoms with Gasteiger partial charge in [0.1, 0.15) is 5.76 Å². The van der Waals surface area contributed by atoms with Gasteiger partial charge in [0.25, 0.3) is 5.91 Å². The number of quaternary nitrogens is 1. The highest BCUT2D eigenvalue weighted by Crippen LogP contribution is 2.70. The molecule has 6 aliphatic rings. The monoisotopic (exact) mass is 583 g/mol. The van der Waals surface area contributed by atoms with Crippen molar-refractivity contribution < 1.29 is 32.3 Å².